The average molecular weight is 236 g/mol. The summed E-state index contributed by atoms with van der Waals surface area (Å²) in [7, 11) is 0. The van der Waals surface area contributed by atoms with Gasteiger partial charge in [0, 0.05) is 5.69 Å². The highest BCUT2D eigenvalue weighted by atomic mass is 16.3. The van der Waals surface area contributed by atoms with Crippen molar-refractivity contribution in [3.8, 4) is 5.75 Å². The Hall–Kier alpha value is -1.55. The molecule has 1 aromatic carbocycles. The Balaban J connectivity index is 2.74. The summed E-state index contributed by atoms with van der Waals surface area (Å²) >= 11 is 0. The third-order valence-corrected chi connectivity index (χ3v) is 3.03. The minimum atomic E-state index is -0.506. The first-order valence-corrected chi connectivity index (χ1v) is 5.81. The van der Waals surface area contributed by atoms with Gasteiger partial charge in [0.1, 0.15) is 5.75 Å². The SMILES string of the molecule is CCC(C)C(N)C(=O)Nc1ccc(O)cc1C. The topological polar surface area (TPSA) is 75.4 Å². The largest absolute Gasteiger partial charge is 0.508 e. The minimum Gasteiger partial charge on any atom is -0.508 e. The van der Waals surface area contributed by atoms with E-state index in [2.05, 4.69) is 5.32 Å². The Bertz CT molecular complexity index is 404. The predicted molar refractivity (Wildman–Crippen MR) is 68.9 cm³/mol. The van der Waals surface area contributed by atoms with E-state index in [4.69, 9.17) is 5.73 Å². The predicted octanol–water partition coefficient (Wildman–Crippen LogP) is 2.01. The molecule has 0 radical (unpaired) electrons. The van der Waals surface area contributed by atoms with Crippen LogP contribution in [0.25, 0.3) is 0 Å². The molecule has 1 aromatic rings. The molecule has 2 unspecified atom stereocenters. The van der Waals surface area contributed by atoms with Crippen LogP contribution in [0.4, 0.5) is 5.69 Å². The van der Waals surface area contributed by atoms with Crippen molar-refractivity contribution in [3.63, 3.8) is 0 Å². The number of hydrogen-bond donors (Lipinski definition) is 3. The molecule has 0 saturated heterocycles. The maximum atomic E-state index is 11.9. The molecule has 1 rings (SSSR count). The summed E-state index contributed by atoms with van der Waals surface area (Å²) in [5.41, 5.74) is 7.34. The van der Waals surface area contributed by atoms with Crippen molar-refractivity contribution < 1.29 is 9.90 Å². The van der Waals surface area contributed by atoms with Crippen molar-refractivity contribution in [1.82, 2.24) is 0 Å². The van der Waals surface area contributed by atoms with Crippen molar-refractivity contribution in [1.29, 1.82) is 0 Å². The highest BCUT2D eigenvalue weighted by molar-refractivity contribution is 5.95. The van der Waals surface area contributed by atoms with Crippen LogP contribution in [-0.4, -0.2) is 17.1 Å². The van der Waals surface area contributed by atoms with Crippen molar-refractivity contribution in [2.75, 3.05) is 5.32 Å². The van der Waals surface area contributed by atoms with E-state index in [9.17, 15) is 9.90 Å². The van der Waals surface area contributed by atoms with Crippen LogP contribution >= 0.6 is 0 Å². The number of carbonyl (C=O) groups excluding carboxylic acids is 1. The van der Waals surface area contributed by atoms with Gasteiger partial charge >= 0.3 is 0 Å². The molecule has 4 N–H and O–H groups in total. The first kappa shape index (κ1) is 13.5. The number of nitrogens with one attached hydrogen (secondary N) is 1. The quantitative estimate of drug-likeness (QED) is 0.700. The summed E-state index contributed by atoms with van der Waals surface area (Å²) in [6.45, 7) is 5.78. The van der Waals surface area contributed by atoms with Gasteiger partial charge in [0.05, 0.1) is 6.04 Å². The molecule has 0 aliphatic carbocycles. The lowest BCUT2D eigenvalue weighted by Gasteiger charge is -2.18. The highest BCUT2D eigenvalue weighted by Gasteiger charge is 2.19. The molecule has 0 spiro atoms. The van der Waals surface area contributed by atoms with Gasteiger partial charge < -0.3 is 16.2 Å². The number of phenolic OH excluding ortho intramolecular Hbond substituents is 1. The van der Waals surface area contributed by atoms with E-state index in [1.54, 1.807) is 12.1 Å². The second kappa shape index (κ2) is 5.68. The summed E-state index contributed by atoms with van der Waals surface area (Å²) in [5, 5.41) is 12.0. The van der Waals surface area contributed by atoms with Gasteiger partial charge in [0.2, 0.25) is 5.91 Å². The first-order chi connectivity index (χ1) is 7.95. The highest BCUT2D eigenvalue weighted by Crippen LogP contribution is 2.20. The molecule has 0 saturated carbocycles. The number of rotatable bonds is 4. The lowest BCUT2D eigenvalue weighted by Crippen LogP contribution is -2.40. The molecule has 1 amide bonds. The van der Waals surface area contributed by atoms with E-state index in [0.717, 1.165) is 12.0 Å². The molecule has 0 fully saturated rings. The van der Waals surface area contributed by atoms with Crippen LogP contribution in [0.1, 0.15) is 25.8 Å². The van der Waals surface area contributed by atoms with Crippen molar-refractivity contribution >= 4 is 11.6 Å². The Kier molecular flexibility index (Phi) is 4.52. The van der Waals surface area contributed by atoms with Crippen LogP contribution in [-0.2, 0) is 4.79 Å². The minimum absolute atomic E-state index is 0.146. The molecular weight excluding hydrogens is 216 g/mol. The number of hydrogen-bond acceptors (Lipinski definition) is 3. The lowest BCUT2D eigenvalue weighted by atomic mass is 9.99. The van der Waals surface area contributed by atoms with E-state index in [-0.39, 0.29) is 17.6 Å². The molecule has 0 heterocycles. The summed E-state index contributed by atoms with van der Waals surface area (Å²) < 4.78 is 0. The van der Waals surface area contributed by atoms with Gasteiger partial charge in [-0.2, -0.15) is 0 Å². The fourth-order valence-electron chi connectivity index (χ4n) is 1.52. The summed E-state index contributed by atoms with van der Waals surface area (Å²) in [5.74, 6) is 0.146. The monoisotopic (exact) mass is 236 g/mol. The molecule has 2 atom stereocenters. The van der Waals surface area contributed by atoms with Crippen molar-refractivity contribution in [3.05, 3.63) is 23.8 Å². The molecule has 0 aliphatic rings. The Labute approximate surface area is 102 Å². The fraction of sp³-hybridized carbons (Fsp3) is 0.462. The van der Waals surface area contributed by atoms with E-state index in [0.29, 0.717) is 5.69 Å². The van der Waals surface area contributed by atoms with Crippen LogP contribution < -0.4 is 11.1 Å². The second-order valence-electron chi connectivity index (χ2n) is 4.40. The number of amides is 1. The maximum absolute atomic E-state index is 11.9. The van der Waals surface area contributed by atoms with Gasteiger partial charge in [-0.05, 0) is 36.6 Å². The number of aromatic hydroxyl groups is 1. The average Bonchev–Trinajstić information content (AvgIpc) is 2.30. The summed E-state index contributed by atoms with van der Waals surface area (Å²) in [4.78, 5) is 11.9. The number of anilines is 1. The number of nitrogens with two attached hydrogens (primary N) is 1. The molecule has 0 aromatic heterocycles. The molecule has 0 aliphatic heterocycles. The molecule has 4 heteroatoms. The van der Waals surface area contributed by atoms with Gasteiger partial charge in [-0.1, -0.05) is 20.3 Å². The maximum Gasteiger partial charge on any atom is 0.241 e. The zero-order valence-electron chi connectivity index (χ0n) is 10.5. The van der Waals surface area contributed by atoms with Gasteiger partial charge in [0.15, 0.2) is 0 Å². The number of phenols is 1. The molecule has 4 nitrogen and oxygen atoms in total. The molecule has 17 heavy (non-hydrogen) atoms. The van der Waals surface area contributed by atoms with Crippen LogP contribution in [0, 0.1) is 12.8 Å². The summed E-state index contributed by atoms with van der Waals surface area (Å²) in [6.07, 6.45) is 0.864. The summed E-state index contributed by atoms with van der Waals surface area (Å²) in [6, 6.07) is 4.31. The van der Waals surface area contributed by atoms with Crippen LogP contribution in [0.3, 0.4) is 0 Å². The van der Waals surface area contributed by atoms with Crippen molar-refractivity contribution in [2.24, 2.45) is 11.7 Å². The number of carbonyl (C=O) groups is 1. The first-order valence-electron chi connectivity index (χ1n) is 5.81. The molecule has 94 valence electrons. The van der Waals surface area contributed by atoms with Crippen LogP contribution in [0.2, 0.25) is 0 Å². The third kappa shape index (κ3) is 3.46. The van der Waals surface area contributed by atoms with E-state index in [1.807, 2.05) is 20.8 Å². The zero-order chi connectivity index (χ0) is 13.0. The van der Waals surface area contributed by atoms with Crippen molar-refractivity contribution in [2.45, 2.75) is 33.2 Å². The van der Waals surface area contributed by atoms with E-state index < -0.39 is 6.04 Å². The van der Waals surface area contributed by atoms with Gasteiger partial charge in [-0.25, -0.2) is 0 Å². The standard InChI is InChI=1S/C13H20N2O2/c1-4-8(2)12(14)13(17)15-11-6-5-10(16)7-9(11)3/h5-8,12,16H,4,14H2,1-3H3,(H,15,17). The Morgan fingerprint density at radius 1 is 1.53 bits per heavy atom. The number of aryl methyl sites for hydroxylation is 1. The fourth-order valence-corrected chi connectivity index (χ4v) is 1.52. The van der Waals surface area contributed by atoms with E-state index in [1.165, 1.54) is 6.07 Å². The van der Waals surface area contributed by atoms with Crippen LogP contribution in [0.15, 0.2) is 18.2 Å². The second-order valence-corrected chi connectivity index (χ2v) is 4.40. The van der Waals surface area contributed by atoms with Gasteiger partial charge in [-0.3, -0.25) is 4.79 Å². The van der Waals surface area contributed by atoms with Gasteiger partial charge in [-0.15, -0.1) is 0 Å². The Morgan fingerprint density at radius 3 is 2.71 bits per heavy atom. The third-order valence-electron chi connectivity index (χ3n) is 3.03. The lowest BCUT2D eigenvalue weighted by molar-refractivity contribution is -0.118. The molecular formula is C13H20N2O2. The van der Waals surface area contributed by atoms with Crippen LogP contribution in [0.5, 0.6) is 5.75 Å². The molecule has 0 bridgehead atoms. The smallest absolute Gasteiger partial charge is 0.241 e. The Morgan fingerprint density at radius 2 is 2.18 bits per heavy atom. The zero-order valence-corrected chi connectivity index (χ0v) is 10.5. The van der Waals surface area contributed by atoms with Gasteiger partial charge in [0.25, 0.3) is 0 Å². The number of benzene rings is 1. The normalized spacial score (nSPS) is 14.1. The van der Waals surface area contributed by atoms with E-state index >= 15 is 0 Å².